The van der Waals surface area contributed by atoms with Crippen molar-refractivity contribution >= 4 is 5.84 Å². The number of nitrogens with one attached hydrogen (secondary N) is 1. The van der Waals surface area contributed by atoms with Crippen molar-refractivity contribution in [1.82, 2.24) is 10.2 Å². The number of aliphatic imine (C=N–C) groups is 1. The lowest BCUT2D eigenvalue weighted by molar-refractivity contribution is 0.506. The Balaban J connectivity index is 2.02. The zero-order chi connectivity index (χ0) is 7.52. The van der Waals surface area contributed by atoms with Crippen molar-refractivity contribution in [3.8, 4) is 0 Å². The van der Waals surface area contributed by atoms with Crippen molar-refractivity contribution in [2.24, 2.45) is 4.99 Å². The van der Waals surface area contributed by atoms with E-state index < -0.39 is 0 Å². The molecule has 11 heavy (non-hydrogen) atoms. The number of amidine groups is 1. The Morgan fingerprint density at radius 1 is 1.45 bits per heavy atom. The van der Waals surface area contributed by atoms with Gasteiger partial charge in [0.25, 0.3) is 0 Å². The van der Waals surface area contributed by atoms with Crippen LogP contribution in [0.1, 0.15) is 12.8 Å². The Bertz CT molecular complexity index is 190. The average Bonchev–Trinajstić information content (AvgIpc) is 2.58. The van der Waals surface area contributed by atoms with Crippen LogP contribution in [0.3, 0.4) is 0 Å². The van der Waals surface area contributed by atoms with E-state index >= 15 is 0 Å². The molecule has 1 fully saturated rings. The number of rotatable bonds is 0. The Morgan fingerprint density at radius 2 is 2.27 bits per heavy atom. The van der Waals surface area contributed by atoms with Crippen LogP contribution in [-0.4, -0.2) is 30.4 Å². The smallest absolute Gasteiger partial charge is 0.124 e. The SMILES string of the molecule is [C]1=CN=C(N2CCCC2)CN1. The van der Waals surface area contributed by atoms with Gasteiger partial charge in [-0.25, -0.2) is 4.99 Å². The number of hydrogen-bond donors (Lipinski definition) is 1. The molecular formula is C8H12N3. The van der Waals surface area contributed by atoms with E-state index in [4.69, 9.17) is 0 Å². The van der Waals surface area contributed by atoms with E-state index in [-0.39, 0.29) is 0 Å². The van der Waals surface area contributed by atoms with E-state index in [2.05, 4.69) is 21.4 Å². The largest absolute Gasteiger partial charge is 0.375 e. The predicted octanol–water partition coefficient (Wildman–Crippen LogP) is 0.358. The molecule has 0 aromatic rings. The molecule has 0 atom stereocenters. The summed E-state index contributed by atoms with van der Waals surface area (Å²) in [6, 6.07) is 0. The van der Waals surface area contributed by atoms with Gasteiger partial charge in [0, 0.05) is 13.1 Å². The molecule has 0 aliphatic carbocycles. The van der Waals surface area contributed by atoms with Crippen LogP contribution >= 0.6 is 0 Å². The van der Waals surface area contributed by atoms with Crippen LogP contribution in [0.2, 0.25) is 0 Å². The fourth-order valence-electron chi connectivity index (χ4n) is 1.50. The van der Waals surface area contributed by atoms with E-state index in [1.54, 1.807) is 6.20 Å². The van der Waals surface area contributed by atoms with Gasteiger partial charge in [0.2, 0.25) is 0 Å². The van der Waals surface area contributed by atoms with Crippen LogP contribution in [0.5, 0.6) is 0 Å². The molecule has 59 valence electrons. The molecule has 1 radical (unpaired) electrons. The summed E-state index contributed by atoms with van der Waals surface area (Å²) in [6.45, 7) is 3.19. The number of hydrogen-bond acceptors (Lipinski definition) is 3. The summed E-state index contributed by atoms with van der Waals surface area (Å²) in [4.78, 5) is 6.59. The van der Waals surface area contributed by atoms with Crippen LogP contribution in [0, 0.1) is 6.20 Å². The first kappa shape index (κ1) is 6.70. The highest BCUT2D eigenvalue weighted by Crippen LogP contribution is 2.08. The number of likely N-dealkylation sites (tertiary alicyclic amines) is 1. The highest BCUT2D eigenvalue weighted by molar-refractivity contribution is 5.85. The first-order valence-electron chi connectivity index (χ1n) is 4.08. The summed E-state index contributed by atoms with van der Waals surface area (Å²) in [6.07, 6.45) is 7.18. The molecule has 0 unspecified atom stereocenters. The van der Waals surface area contributed by atoms with Gasteiger partial charge in [0.15, 0.2) is 0 Å². The van der Waals surface area contributed by atoms with Crippen LogP contribution in [-0.2, 0) is 0 Å². The third kappa shape index (κ3) is 1.37. The maximum absolute atomic E-state index is 4.26. The molecule has 0 saturated carbocycles. The Hall–Kier alpha value is -0.990. The van der Waals surface area contributed by atoms with Gasteiger partial charge in [-0.3, -0.25) is 0 Å². The zero-order valence-corrected chi connectivity index (χ0v) is 6.51. The molecule has 2 heterocycles. The minimum atomic E-state index is 0.844. The van der Waals surface area contributed by atoms with E-state index in [0.717, 1.165) is 6.54 Å². The van der Waals surface area contributed by atoms with Crippen molar-refractivity contribution < 1.29 is 0 Å². The number of nitrogens with zero attached hydrogens (tertiary/aromatic N) is 2. The van der Waals surface area contributed by atoms with E-state index in [0.29, 0.717) is 0 Å². The van der Waals surface area contributed by atoms with Gasteiger partial charge in [0.1, 0.15) is 5.84 Å². The average molecular weight is 150 g/mol. The Kier molecular flexibility index (Phi) is 1.79. The third-order valence-corrected chi connectivity index (χ3v) is 2.10. The maximum atomic E-state index is 4.26. The van der Waals surface area contributed by atoms with E-state index in [1.807, 2.05) is 0 Å². The summed E-state index contributed by atoms with van der Waals surface area (Å²) < 4.78 is 0. The first-order valence-corrected chi connectivity index (χ1v) is 4.08. The van der Waals surface area contributed by atoms with Crippen LogP contribution < -0.4 is 5.32 Å². The Morgan fingerprint density at radius 3 is 2.91 bits per heavy atom. The van der Waals surface area contributed by atoms with Gasteiger partial charge in [0.05, 0.1) is 18.9 Å². The van der Waals surface area contributed by atoms with Crippen LogP contribution in [0.15, 0.2) is 11.2 Å². The molecule has 1 saturated heterocycles. The molecule has 2 rings (SSSR count). The van der Waals surface area contributed by atoms with E-state index in [1.165, 1.54) is 31.8 Å². The van der Waals surface area contributed by atoms with Crippen molar-refractivity contribution in [1.29, 1.82) is 0 Å². The summed E-state index contributed by atoms with van der Waals surface area (Å²) in [5.41, 5.74) is 0. The normalized spacial score (nSPS) is 23.3. The zero-order valence-electron chi connectivity index (χ0n) is 6.51. The second-order valence-corrected chi connectivity index (χ2v) is 2.87. The molecular weight excluding hydrogens is 138 g/mol. The summed E-state index contributed by atoms with van der Waals surface area (Å²) in [7, 11) is 0. The first-order chi connectivity index (χ1) is 5.47. The molecule has 0 bridgehead atoms. The van der Waals surface area contributed by atoms with Crippen molar-refractivity contribution in [3.63, 3.8) is 0 Å². The van der Waals surface area contributed by atoms with Gasteiger partial charge in [-0.2, -0.15) is 0 Å². The highest BCUT2D eigenvalue weighted by atomic mass is 15.2. The lowest BCUT2D eigenvalue weighted by Gasteiger charge is -2.20. The lowest BCUT2D eigenvalue weighted by atomic mass is 10.4. The molecule has 0 amide bonds. The highest BCUT2D eigenvalue weighted by Gasteiger charge is 2.15. The monoisotopic (exact) mass is 150 g/mol. The minimum absolute atomic E-state index is 0.844. The van der Waals surface area contributed by atoms with Gasteiger partial charge >= 0.3 is 0 Å². The van der Waals surface area contributed by atoms with Crippen LogP contribution in [0.4, 0.5) is 0 Å². The fraction of sp³-hybridized carbons (Fsp3) is 0.625. The van der Waals surface area contributed by atoms with Gasteiger partial charge in [-0.05, 0) is 12.8 Å². The topological polar surface area (TPSA) is 27.6 Å². The van der Waals surface area contributed by atoms with Crippen molar-refractivity contribution in [3.05, 3.63) is 12.4 Å². The maximum Gasteiger partial charge on any atom is 0.124 e. The van der Waals surface area contributed by atoms with Crippen molar-refractivity contribution in [2.45, 2.75) is 12.8 Å². The summed E-state index contributed by atoms with van der Waals surface area (Å²) in [5, 5.41) is 3.03. The summed E-state index contributed by atoms with van der Waals surface area (Å²) in [5.74, 6) is 1.17. The third-order valence-electron chi connectivity index (χ3n) is 2.10. The second-order valence-electron chi connectivity index (χ2n) is 2.87. The molecule has 2 aliphatic rings. The van der Waals surface area contributed by atoms with E-state index in [9.17, 15) is 0 Å². The molecule has 2 aliphatic heterocycles. The van der Waals surface area contributed by atoms with Gasteiger partial charge in [-0.1, -0.05) is 0 Å². The second kappa shape index (κ2) is 2.95. The quantitative estimate of drug-likeness (QED) is 0.540. The molecule has 3 heteroatoms. The molecule has 0 spiro atoms. The summed E-state index contributed by atoms with van der Waals surface area (Å²) >= 11 is 0. The lowest BCUT2D eigenvalue weighted by Crippen LogP contribution is -2.36. The minimum Gasteiger partial charge on any atom is -0.375 e. The van der Waals surface area contributed by atoms with Gasteiger partial charge in [-0.15, -0.1) is 0 Å². The van der Waals surface area contributed by atoms with Crippen molar-refractivity contribution in [2.75, 3.05) is 19.6 Å². The fourth-order valence-corrected chi connectivity index (χ4v) is 1.50. The van der Waals surface area contributed by atoms with Crippen LogP contribution in [0.25, 0.3) is 0 Å². The predicted molar refractivity (Wildman–Crippen MR) is 44.1 cm³/mol. The molecule has 3 nitrogen and oxygen atoms in total. The molecule has 0 aromatic heterocycles. The molecule has 1 N–H and O–H groups in total. The standard InChI is InChI=1S/C8H12N3/c1-2-6-11(5-1)8-7-9-3-4-10-8/h4,9H,1-2,5-7H2. The Labute approximate surface area is 66.8 Å². The van der Waals surface area contributed by atoms with Gasteiger partial charge < -0.3 is 10.2 Å². The molecule has 0 aromatic carbocycles.